The van der Waals surface area contributed by atoms with Crippen molar-refractivity contribution in [3.63, 3.8) is 0 Å². The van der Waals surface area contributed by atoms with Gasteiger partial charge in [-0.25, -0.2) is 0 Å². The Morgan fingerprint density at radius 3 is 2.10 bits per heavy atom. The Balaban J connectivity index is 0.000000364. The summed E-state index contributed by atoms with van der Waals surface area (Å²) < 4.78 is 0. The van der Waals surface area contributed by atoms with Crippen LogP contribution in [-0.2, 0) is 4.79 Å². The molecule has 3 heteroatoms. The Bertz CT molecular complexity index is 256. The van der Waals surface area contributed by atoms with E-state index in [1.807, 2.05) is 13.8 Å². The number of hydrogen-bond acceptors (Lipinski definition) is 2. The van der Waals surface area contributed by atoms with Crippen molar-refractivity contribution in [1.82, 2.24) is 10.2 Å². The van der Waals surface area contributed by atoms with E-state index < -0.39 is 0 Å². The Morgan fingerprint density at radius 1 is 1.10 bits per heavy atom. The summed E-state index contributed by atoms with van der Waals surface area (Å²) in [6.07, 6.45) is 8.86. The van der Waals surface area contributed by atoms with Gasteiger partial charge in [-0.1, -0.05) is 40.5 Å². The van der Waals surface area contributed by atoms with Crippen LogP contribution in [0.25, 0.3) is 0 Å². The van der Waals surface area contributed by atoms with E-state index in [1.54, 1.807) is 0 Å². The summed E-state index contributed by atoms with van der Waals surface area (Å²) in [7, 11) is 0. The van der Waals surface area contributed by atoms with Crippen molar-refractivity contribution in [2.24, 2.45) is 11.8 Å². The first kappa shape index (κ1) is 17.5. The normalized spacial score (nSPS) is 20.3. The lowest BCUT2D eigenvalue weighted by atomic mass is 10.2. The minimum atomic E-state index is 0. The van der Waals surface area contributed by atoms with Gasteiger partial charge in [-0.3, -0.25) is 4.79 Å². The van der Waals surface area contributed by atoms with E-state index in [0.717, 1.165) is 12.6 Å². The first-order valence-corrected chi connectivity index (χ1v) is 8.52. The molecule has 2 rings (SSSR count). The van der Waals surface area contributed by atoms with Gasteiger partial charge in [0, 0.05) is 19.9 Å². The molecule has 1 saturated heterocycles. The minimum absolute atomic E-state index is 0. The van der Waals surface area contributed by atoms with E-state index in [0.29, 0.717) is 5.92 Å². The summed E-state index contributed by atoms with van der Waals surface area (Å²) in [6.45, 7) is 11.5. The van der Waals surface area contributed by atoms with E-state index in [-0.39, 0.29) is 13.3 Å². The van der Waals surface area contributed by atoms with Crippen LogP contribution in [0.1, 0.15) is 67.6 Å². The Morgan fingerprint density at radius 2 is 1.65 bits per heavy atom. The zero-order valence-corrected chi connectivity index (χ0v) is 14.0. The molecule has 1 aliphatic carbocycles. The second-order valence-electron chi connectivity index (χ2n) is 6.98. The number of rotatable bonds is 4. The fourth-order valence-electron chi connectivity index (χ4n) is 2.88. The van der Waals surface area contributed by atoms with Gasteiger partial charge in [-0.2, -0.15) is 0 Å². The molecule has 1 saturated carbocycles. The summed E-state index contributed by atoms with van der Waals surface area (Å²) in [5, 5.41) is 2.84. The highest BCUT2D eigenvalue weighted by Crippen LogP contribution is 2.25. The first-order valence-electron chi connectivity index (χ1n) is 8.52. The molecule has 1 heterocycles. The smallest absolute Gasteiger partial charge is 0.222 e. The third kappa shape index (κ3) is 6.74. The maximum atomic E-state index is 10.9. The zero-order chi connectivity index (χ0) is 15.0. The molecule has 2 fully saturated rings. The predicted molar refractivity (Wildman–Crippen MR) is 87.9 cm³/mol. The summed E-state index contributed by atoms with van der Waals surface area (Å²) in [5.41, 5.74) is 0. The van der Waals surface area contributed by atoms with Crippen LogP contribution >= 0.6 is 0 Å². The molecule has 0 aromatic heterocycles. The van der Waals surface area contributed by atoms with Crippen LogP contribution in [0.5, 0.6) is 0 Å². The van der Waals surface area contributed by atoms with Crippen LogP contribution in [0.3, 0.4) is 0 Å². The molecule has 0 unspecified atom stereocenters. The summed E-state index contributed by atoms with van der Waals surface area (Å²) >= 11 is 0. The molecule has 0 radical (unpaired) electrons. The third-order valence-corrected chi connectivity index (χ3v) is 4.19. The van der Waals surface area contributed by atoms with Crippen LogP contribution in [0.2, 0.25) is 0 Å². The molecule has 3 nitrogen and oxygen atoms in total. The van der Waals surface area contributed by atoms with Gasteiger partial charge in [0.2, 0.25) is 5.91 Å². The van der Waals surface area contributed by atoms with Crippen molar-refractivity contribution in [3.8, 4) is 0 Å². The Labute approximate surface area is 127 Å². The number of carbonyl (C=O) groups excluding carboxylic acids is 1. The molecule has 1 amide bonds. The Kier molecular flexibility index (Phi) is 8.20. The average Bonchev–Trinajstić information content (AvgIpc) is 3.07. The monoisotopic (exact) mass is 284 g/mol. The van der Waals surface area contributed by atoms with Crippen molar-refractivity contribution >= 4 is 5.91 Å². The average molecular weight is 284 g/mol. The molecular weight excluding hydrogens is 248 g/mol. The summed E-state index contributed by atoms with van der Waals surface area (Å²) in [6, 6.07) is 0.988. The lowest BCUT2D eigenvalue weighted by Crippen LogP contribution is -2.30. The predicted octanol–water partition coefficient (Wildman–Crippen LogP) is 3.69. The number of nitrogens with one attached hydrogen (secondary N) is 1. The number of hydrogen-bond donors (Lipinski definition) is 1. The molecule has 0 bridgehead atoms. The Hall–Kier alpha value is -0.570. The highest BCUT2D eigenvalue weighted by molar-refractivity contribution is 5.77. The second kappa shape index (κ2) is 9.38. The summed E-state index contributed by atoms with van der Waals surface area (Å²) in [4.78, 5) is 13.6. The van der Waals surface area contributed by atoms with E-state index in [9.17, 15) is 4.79 Å². The molecule has 1 N–H and O–H groups in total. The van der Waals surface area contributed by atoms with E-state index >= 15 is 0 Å². The first-order chi connectivity index (χ1) is 9.50. The van der Waals surface area contributed by atoms with E-state index in [4.69, 9.17) is 0 Å². The quantitative estimate of drug-likeness (QED) is 0.854. The molecule has 2 aliphatic rings. The van der Waals surface area contributed by atoms with E-state index in [2.05, 4.69) is 24.1 Å². The van der Waals surface area contributed by atoms with Gasteiger partial charge in [-0.15, -0.1) is 0 Å². The van der Waals surface area contributed by atoms with Gasteiger partial charge in [0.05, 0.1) is 0 Å². The van der Waals surface area contributed by atoms with Crippen LogP contribution in [-0.4, -0.2) is 36.5 Å². The SMILES string of the molecule is C1CCC(N2CCCC2)C1.CC(C)CNC(=O)C(C)C.[HH]. The number of nitrogens with zero attached hydrogens (tertiary/aromatic N) is 1. The van der Waals surface area contributed by atoms with Gasteiger partial charge in [0.15, 0.2) is 0 Å². The molecule has 120 valence electrons. The maximum absolute atomic E-state index is 10.9. The number of likely N-dealkylation sites (tertiary alicyclic amines) is 1. The van der Waals surface area contributed by atoms with Crippen molar-refractivity contribution < 1.29 is 6.22 Å². The number of amides is 1. The van der Waals surface area contributed by atoms with Crippen LogP contribution < -0.4 is 5.32 Å². The molecule has 1 aliphatic heterocycles. The number of carbonyl (C=O) groups is 1. The highest BCUT2D eigenvalue weighted by atomic mass is 16.1. The van der Waals surface area contributed by atoms with Gasteiger partial charge >= 0.3 is 0 Å². The van der Waals surface area contributed by atoms with Gasteiger partial charge < -0.3 is 10.2 Å². The van der Waals surface area contributed by atoms with Crippen molar-refractivity contribution in [2.45, 2.75) is 72.3 Å². The molecule has 0 aromatic rings. The molecule has 0 spiro atoms. The molecule has 0 atom stereocenters. The van der Waals surface area contributed by atoms with Gasteiger partial charge in [0.1, 0.15) is 0 Å². The second-order valence-corrected chi connectivity index (χ2v) is 6.98. The maximum Gasteiger partial charge on any atom is 0.222 e. The molecule has 20 heavy (non-hydrogen) atoms. The van der Waals surface area contributed by atoms with E-state index in [1.165, 1.54) is 51.6 Å². The van der Waals surface area contributed by atoms with Crippen LogP contribution in [0.4, 0.5) is 0 Å². The largest absolute Gasteiger partial charge is 0.356 e. The summed E-state index contributed by atoms with van der Waals surface area (Å²) in [5.74, 6) is 0.801. The fraction of sp³-hybridized carbons (Fsp3) is 0.941. The lowest BCUT2D eigenvalue weighted by Gasteiger charge is -2.22. The van der Waals surface area contributed by atoms with Crippen LogP contribution in [0.15, 0.2) is 0 Å². The topological polar surface area (TPSA) is 32.3 Å². The van der Waals surface area contributed by atoms with Gasteiger partial charge in [0.25, 0.3) is 0 Å². The van der Waals surface area contributed by atoms with Crippen LogP contribution in [0, 0.1) is 11.8 Å². The van der Waals surface area contributed by atoms with Crippen molar-refractivity contribution in [1.29, 1.82) is 0 Å². The fourth-order valence-corrected chi connectivity index (χ4v) is 2.88. The molecular formula is C17H36N2O. The van der Waals surface area contributed by atoms with Crippen molar-refractivity contribution in [3.05, 3.63) is 0 Å². The highest BCUT2D eigenvalue weighted by Gasteiger charge is 2.24. The zero-order valence-electron chi connectivity index (χ0n) is 14.0. The lowest BCUT2D eigenvalue weighted by molar-refractivity contribution is -0.124. The standard InChI is InChI=1S/C9H17N.C8H17NO.H2/c1-2-6-9(5-1)10-7-3-4-8-10;1-6(2)5-9-8(10)7(3)4;/h9H,1-8H2;6-7H,5H2,1-4H3,(H,9,10);1H. The van der Waals surface area contributed by atoms with Gasteiger partial charge in [-0.05, 0) is 44.7 Å². The minimum Gasteiger partial charge on any atom is -0.356 e. The third-order valence-electron chi connectivity index (χ3n) is 4.19. The van der Waals surface area contributed by atoms with Crippen molar-refractivity contribution in [2.75, 3.05) is 19.6 Å². The molecule has 0 aromatic carbocycles.